The Morgan fingerprint density at radius 2 is 1.84 bits per heavy atom. The maximum atomic E-state index is 13.0. The minimum atomic E-state index is -4.42. The monoisotopic (exact) mass is 434 g/mol. The molecule has 0 bridgehead atoms. The lowest BCUT2D eigenvalue weighted by molar-refractivity contribution is -0.137. The molecule has 0 aliphatic rings. The predicted octanol–water partition coefficient (Wildman–Crippen LogP) is 4.08. The standard InChI is InChI=1S/C22H25F3N4O2/c1-13-9-14(2)27-19-18(13)20(28-29(19)5)31-11-17(30)26-12-21(3,4)15-7-6-8-16(10-15)22(23,24)25/h6-10H,11-12H2,1-5H3,(H,26,30). The van der Waals surface area contributed by atoms with Gasteiger partial charge in [0, 0.05) is 24.7 Å². The van der Waals surface area contributed by atoms with E-state index in [-0.39, 0.29) is 13.2 Å². The van der Waals surface area contributed by atoms with Gasteiger partial charge in [-0.3, -0.25) is 4.79 Å². The average Bonchev–Trinajstić information content (AvgIpc) is 3.00. The van der Waals surface area contributed by atoms with Crippen LogP contribution in [0, 0.1) is 13.8 Å². The number of alkyl halides is 3. The second-order valence-electron chi connectivity index (χ2n) is 8.24. The highest BCUT2D eigenvalue weighted by Crippen LogP contribution is 2.32. The number of nitrogens with one attached hydrogen (secondary N) is 1. The number of amides is 1. The van der Waals surface area contributed by atoms with Gasteiger partial charge in [0.1, 0.15) is 0 Å². The molecule has 6 nitrogen and oxygen atoms in total. The van der Waals surface area contributed by atoms with Crippen molar-refractivity contribution in [3.8, 4) is 5.88 Å². The van der Waals surface area contributed by atoms with Crippen molar-refractivity contribution in [2.45, 2.75) is 39.3 Å². The van der Waals surface area contributed by atoms with E-state index in [2.05, 4.69) is 15.4 Å². The number of pyridine rings is 1. The van der Waals surface area contributed by atoms with Crippen LogP contribution in [0.4, 0.5) is 13.2 Å². The number of aromatic nitrogens is 3. The predicted molar refractivity (Wildman–Crippen MR) is 111 cm³/mol. The molecular weight excluding hydrogens is 409 g/mol. The molecule has 1 amide bonds. The smallest absolute Gasteiger partial charge is 0.416 e. The van der Waals surface area contributed by atoms with Crippen LogP contribution in [0.25, 0.3) is 11.0 Å². The third-order valence-corrected chi connectivity index (χ3v) is 5.13. The third-order valence-electron chi connectivity index (χ3n) is 5.13. The van der Waals surface area contributed by atoms with Gasteiger partial charge in [-0.2, -0.15) is 13.2 Å². The number of aryl methyl sites for hydroxylation is 3. The highest BCUT2D eigenvalue weighted by molar-refractivity contribution is 5.85. The lowest BCUT2D eigenvalue weighted by Crippen LogP contribution is -2.39. The molecule has 166 valence electrons. The molecule has 2 heterocycles. The summed E-state index contributed by atoms with van der Waals surface area (Å²) in [6, 6.07) is 7.04. The number of halogens is 3. The zero-order chi connectivity index (χ0) is 23.0. The lowest BCUT2D eigenvalue weighted by atomic mass is 9.83. The number of ether oxygens (including phenoxy) is 1. The summed E-state index contributed by atoms with van der Waals surface area (Å²) in [6.07, 6.45) is -4.42. The zero-order valence-corrected chi connectivity index (χ0v) is 18.1. The van der Waals surface area contributed by atoms with Gasteiger partial charge in [0.25, 0.3) is 5.91 Å². The molecular formula is C22H25F3N4O2. The molecule has 0 saturated heterocycles. The molecule has 0 unspecified atom stereocenters. The van der Waals surface area contributed by atoms with E-state index in [1.807, 2.05) is 19.9 Å². The van der Waals surface area contributed by atoms with Crippen molar-refractivity contribution in [2.75, 3.05) is 13.2 Å². The molecule has 0 atom stereocenters. The molecule has 3 aromatic rings. The lowest BCUT2D eigenvalue weighted by Gasteiger charge is -2.26. The minimum Gasteiger partial charge on any atom is -0.466 e. The summed E-state index contributed by atoms with van der Waals surface area (Å²) in [5, 5.41) is 7.77. The number of nitrogens with zero attached hydrogens (tertiary/aromatic N) is 3. The van der Waals surface area contributed by atoms with E-state index in [0.29, 0.717) is 17.1 Å². The number of hydrogen-bond acceptors (Lipinski definition) is 4. The van der Waals surface area contributed by atoms with Crippen LogP contribution in [-0.4, -0.2) is 33.8 Å². The van der Waals surface area contributed by atoms with Gasteiger partial charge in [-0.1, -0.05) is 32.0 Å². The minimum absolute atomic E-state index is 0.152. The number of rotatable bonds is 6. The van der Waals surface area contributed by atoms with Crippen LogP contribution in [0.2, 0.25) is 0 Å². The van der Waals surface area contributed by atoms with Crippen LogP contribution in [0.3, 0.4) is 0 Å². The number of hydrogen-bond donors (Lipinski definition) is 1. The van der Waals surface area contributed by atoms with E-state index >= 15 is 0 Å². The fourth-order valence-electron chi connectivity index (χ4n) is 3.37. The first-order chi connectivity index (χ1) is 14.4. The van der Waals surface area contributed by atoms with E-state index in [4.69, 9.17) is 4.74 Å². The van der Waals surface area contributed by atoms with E-state index in [9.17, 15) is 18.0 Å². The molecule has 1 aromatic carbocycles. The van der Waals surface area contributed by atoms with Gasteiger partial charge in [0.2, 0.25) is 5.88 Å². The van der Waals surface area contributed by atoms with E-state index in [1.54, 1.807) is 31.6 Å². The van der Waals surface area contributed by atoms with Gasteiger partial charge in [0.15, 0.2) is 12.3 Å². The summed E-state index contributed by atoms with van der Waals surface area (Å²) in [7, 11) is 1.75. The van der Waals surface area contributed by atoms with E-state index < -0.39 is 23.1 Å². The molecule has 0 saturated carbocycles. The number of carbonyl (C=O) groups excluding carboxylic acids is 1. The SMILES string of the molecule is Cc1cc(C)c2c(OCC(=O)NCC(C)(C)c3cccc(C(F)(F)F)c3)nn(C)c2n1. The summed E-state index contributed by atoms with van der Waals surface area (Å²) in [5.74, 6) is -0.0774. The first-order valence-electron chi connectivity index (χ1n) is 9.76. The molecule has 9 heteroatoms. The van der Waals surface area contributed by atoms with Gasteiger partial charge >= 0.3 is 6.18 Å². The second-order valence-corrected chi connectivity index (χ2v) is 8.24. The van der Waals surface area contributed by atoms with Gasteiger partial charge in [-0.15, -0.1) is 5.10 Å². The van der Waals surface area contributed by atoms with Crippen LogP contribution < -0.4 is 10.1 Å². The van der Waals surface area contributed by atoms with Crippen molar-refractivity contribution >= 4 is 16.9 Å². The van der Waals surface area contributed by atoms with Crippen LogP contribution in [0.5, 0.6) is 5.88 Å². The average molecular weight is 434 g/mol. The molecule has 31 heavy (non-hydrogen) atoms. The largest absolute Gasteiger partial charge is 0.466 e. The summed E-state index contributed by atoms with van der Waals surface area (Å²) < 4.78 is 46.2. The maximum absolute atomic E-state index is 13.0. The molecule has 0 aliphatic carbocycles. The Labute approximate surface area is 178 Å². The first kappa shape index (κ1) is 22.6. The van der Waals surface area contributed by atoms with Crippen LogP contribution in [0.1, 0.15) is 36.2 Å². The molecule has 0 fully saturated rings. The molecule has 2 aromatic heterocycles. The molecule has 0 spiro atoms. The van der Waals surface area contributed by atoms with Crippen LogP contribution in [-0.2, 0) is 23.4 Å². The second kappa shape index (κ2) is 8.20. The van der Waals surface area contributed by atoms with Gasteiger partial charge in [0.05, 0.1) is 10.9 Å². The number of fused-ring (bicyclic) bond motifs is 1. The first-order valence-corrected chi connectivity index (χ1v) is 9.76. The fourth-order valence-corrected chi connectivity index (χ4v) is 3.37. The Kier molecular flexibility index (Phi) is 5.98. The Morgan fingerprint density at radius 3 is 2.52 bits per heavy atom. The Bertz CT molecular complexity index is 1120. The number of carbonyl (C=O) groups is 1. The maximum Gasteiger partial charge on any atom is 0.416 e. The quantitative estimate of drug-likeness (QED) is 0.635. The highest BCUT2D eigenvalue weighted by atomic mass is 19.4. The topological polar surface area (TPSA) is 69.0 Å². The summed E-state index contributed by atoms with van der Waals surface area (Å²) in [5.41, 5.74) is 1.53. The van der Waals surface area contributed by atoms with Crippen LogP contribution >= 0.6 is 0 Å². The molecule has 0 radical (unpaired) electrons. The van der Waals surface area contributed by atoms with E-state index in [0.717, 1.165) is 28.8 Å². The molecule has 1 N–H and O–H groups in total. The Hall–Kier alpha value is -3.10. The zero-order valence-electron chi connectivity index (χ0n) is 18.1. The van der Waals surface area contributed by atoms with Gasteiger partial charge in [-0.05, 0) is 37.1 Å². The molecule has 0 aliphatic heterocycles. The van der Waals surface area contributed by atoms with E-state index in [1.165, 1.54) is 6.07 Å². The molecule has 3 rings (SSSR count). The Balaban J connectivity index is 1.65. The van der Waals surface area contributed by atoms with Crippen LogP contribution in [0.15, 0.2) is 30.3 Å². The van der Waals surface area contributed by atoms with Gasteiger partial charge in [-0.25, -0.2) is 9.67 Å². The summed E-state index contributed by atoms with van der Waals surface area (Å²) in [6.45, 7) is 7.24. The van der Waals surface area contributed by atoms with Gasteiger partial charge < -0.3 is 10.1 Å². The Morgan fingerprint density at radius 1 is 1.16 bits per heavy atom. The van der Waals surface area contributed by atoms with Crippen molar-refractivity contribution in [2.24, 2.45) is 7.05 Å². The van der Waals surface area contributed by atoms with Crippen molar-refractivity contribution in [3.05, 3.63) is 52.7 Å². The highest BCUT2D eigenvalue weighted by Gasteiger charge is 2.32. The van der Waals surface area contributed by atoms with Crippen molar-refractivity contribution in [1.29, 1.82) is 0 Å². The number of benzene rings is 1. The third kappa shape index (κ3) is 4.98. The summed E-state index contributed by atoms with van der Waals surface area (Å²) in [4.78, 5) is 16.8. The summed E-state index contributed by atoms with van der Waals surface area (Å²) >= 11 is 0. The van der Waals surface area contributed by atoms with Crippen molar-refractivity contribution in [1.82, 2.24) is 20.1 Å². The fraction of sp³-hybridized carbons (Fsp3) is 0.409. The van der Waals surface area contributed by atoms with Crippen molar-refractivity contribution in [3.63, 3.8) is 0 Å². The normalized spacial score (nSPS) is 12.3. The van der Waals surface area contributed by atoms with Crippen molar-refractivity contribution < 1.29 is 22.7 Å².